The Morgan fingerprint density at radius 2 is 2.16 bits per heavy atom. The highest BCUT2D eigenvalue weighted by atomic mass is 79.9. The van der Waals surface area contributed by atoms with Gasteiger partial charge in [-0.25, -0.2) is 4.98 Å². The first-order valence-corrected chi connectivity index (χ1v) is 7.76. The second-order valence-electron chi connectivity index (χ2n) is 5.35. The van der Waals surface area contributed by atoms with E-state index >= 15 is 0 Å². The van der Waals surface area contributed by atoms with Gasteiger partial charge in [0.05, 0.1) is 0 Å². The van der Waals surface area contributed by atoms with Gasteiger partial charge in [0.15, 0.2) is 5.16 Å². The molecule has 0 fully saturated rings. The Hall–Kier alpha value is -0.780. The van der Waals surface area contributed by atoms with Crippen LogP contribution in [0.4, 0.5) is 0 Å². The molecule has 1 aromatic carbocycles. The summed E-state index contributed by atoms with van der Waals surface area (Å²) in [5.74, 6) is 0. The molecule has 0 aliphatic rings. The summed E-state index contributed by atoms with van der Waals surface area (Å²) in [7, 11) is 0. The number of aromatic nitrogens is 2. The Bertz CT molecular complexity index is 532. The van der Waals surface area contributed by atoms with E-state index in [4.69, 9.17) is 0 Å². The summed E-state index contributed by atoms with van der Waals surface area (Å²) in [6.07, 6.45) is 3.60. The second-order valence-corrected chi connectivity index (χ2v) is 7.27. The first-order valence-electron chi connectivity index (χ1n) is 6.15. The summed E-state index contributed by atoms with van der Waals surface area (Å²) in [5, 5.41) is 4.40. The maximum Gasteiger partial charge on any atom is 0.170 e. The van der Waals surface area contributed by atoms with Gasteiger partial charge in [0.25, 0.3) is 0 Å². The Kier molecular flexibility index (Phi) is 4.71. The molecule has 0 aliphatic heterocycles. The van der Waals surface area contributed by atoms with Crippen LogP contribution in [0.5, 0.6) is 0 Å². The van der Waals surface area contributed by atoms with Gasteiger partial charge in [0.1, 0.15) is 0 Å². The molecule has 0 spiro atoms. The molecule has 2 aromatic rings. The number of halogens is 1. The van der Waals surface area contributed by atoms with E-state index < -0.39 is 0 Å². The number of hydrogen-bond acceptors (Lipinski definition) is 3. The fraction of sp³-hybridized carbons (Fsp3) is 0.357. The molecular weight excluding hydrogens is 322 g/mol. The number of benzene rings is 1. The Morgan fingerprint density at radius 3 is 2.74 bits per heavy atom. The van der Waals surface area contributed by atoms with E-state index in [0.29, 0.717) is 0 Å². The quantitative estimate of drug-likeness (QED) is 0.876. The van der Waals surface area contributed by atoms with Crippen molar-refractivity contribution < 1.29 is 0 Å². The normalized spacial score (nSPS) is 11.8. The van der Waals surface area contributed by atoms with Gasteiger partial charge in [-0.2, -0.15) is 0 Å². The highest BCUT2D eigenvalue weighted by molar-refractivity contribution is 9.10. The van der Waals surface area contributed by atoms with Gasteiger partial charge in [-0.15, -0.1) is 0 Å². The lowest BCUT2D eigenvalue weighted by Crippen LogP contribution is -2.35. The van der Waals surface area contributed by atoms with Gasteiger partial charge >= 0.3 is 0 Å². The minimum Gasteiger partial charge on any atom is -0.339 e. The van der Waals surface area contributed by atoms with Crippen LogP contribution >= 0.6 is 27.7 Å². The number of nitrogens with zero attached hydrogens (tertiary/aromatic N) is 1. The van der Waals surface area contributed by atoms with E-state index in [1.807, 2.05) is 6.20 Å². The van der Waals surface area contributed by atoms with Crippen molar-refractivity contribution in [3.8, 4) is 0 Å². The molecule has 3 nitrogen and oxygen atoms in total. The number of nitrogens with one attached hydrogen (secondary N) is 2. The van der Waals surface area contributed by atoms with Gasteiger partial charge in [0, 0.05) is 33.8 Å². The van der Waals surface area contributed by atoms with Crippen LogP contribution in [0.1, 0.15) is 26.3 Å². The van der Waals surface area contributed by atoms with E-state index in [1.54, 1.807) is 18.0 Å². The van der Waals surface area contributed by atoms with Crippen LogP contribution < -0.4 is 5.32 Å². The van der Waals surface area contributed by atoms with Gasteiger partial charge in [0.2, 0.25) is 0 Å². The fourth-order valence-corrected chi connectivity index (χ4v) is 2.96. The van der Waals surface area contributed by atoms with E-state index in [9.17, 15) is 0 Å². The predicted molar refractivity (Wildman–Crippen MR) is 83.4 cm³/mol. The van der Waals surface area contributed by atoms with Crippen LogP contribution in [0.25, 0.3) is 0 Å². The second kappa shape index (κ2) is 6.11. The summed E-state index contributed by atoms with van der Waals surface area (Å²) >= 11 is 5.26. The summed E-state index contributed by atoms with van der Waals surface area (Å²) in [6.45, 7) is 7.36. The molecule has 2 N–H and O–H groups in total. The van der Waals surface area contributed by atoms with Gasteiger partial charge in [-0.05, 0) is 38.5 Å². The Balaban J connectivity index is 2.04. The largest absolute Gasteiger partial charge is 0.339 e. The molecule has 0 aliphatic carbocycles. The zero-order chi connectivity index (χ0) is 13.9. The molecule has 0 amide bonds. The third-order valence-electron chi connectivity index (χ3n) is 2.52. The molecule has 0 bridgehead atoms. The van der Waals surface area contributed by atoms with E-state index in [1.165, 1.54) is 10.5 Å². The molecule has 0 unspecified atom stereocenters. The molecule has 2 rings (SSSR count). The minimum atomic E-state index is 0.126. The zero-order valence-electron chi connectivity index (χ0n) is 11.3. The van der Waals surface area contributed by atoms with Crippen LogP contribution in [-0.2, 0) is 6.54 Å². The molecule has 0 radical (unpaired) electrons. The summed E-state index contributed by atoms with van der Waals surface area (Å²) in [5.41, 5.74) is 1.39. The third kappa shape index (κ3) is 4.67. The van der Waals surface area contributed by atoms with Crippen LogP contribution in [0.2, 0.25) is 0 Å². The van der Waals surface area contributed by atoms with Crippen molar-refractivity contribution in [2.24, 2.45) is 0 Å². The van der Waals surface area contributed by atoms with E-state index in [0.717, 1.165) is 16.2 Å². The number of aromatic amines is 1. The minimum absolute atomic E-state index is 0.126. The third-order valence-corrected chi connectivity index (χ3v) is 4.17. The van der Waals surface area contributed by atoms with Crippen molar-refractivity contribution >= 4 is 27.7 Å². The Labute approximate surface area is 126 Å². The van der Waals surface area contributed by atoms with Crippen molar-refractivity contribution in [2.45, 2.75) is 42.9 Å². The van der Waals surface area contributed by atoms with Crippen LogP contribution in [0.15, 0.2) is 45.1 Å². The van der Waals surface area contributed by atoms with E-state index in [-0.39, 0.29) is 5.54 Å². The first-order chi connectivity index (χ1) is 8.94. The molecule has 1 aromatic heterocycles. The summed E-state index contributed by atoms with van der Waals surface area (Å²) in [4.78, 5) is 8.47. The van der Waals surface area contributed by atoms with Crippen LogP contribution in [0.3, 0.4) is 0 Å². The number of rotatable bonds is 4. The number of hydrogen-bond donors (Lipinski definition) is 2. The van der Waals surface area contributed by atoms with Gasteiger partial charge in [-0.1, -0.05) is 33.8 Å². The van der Waals surface area contributed by atoms with Gasteiger partial charge in [-0.3, -0.25) is 0 Å². The maximum atomic E-state index is 4.21. The lowest BCUT2D eigenvalue weighted by atomic mass is 10.1. The topological polar surface area (TPSA) is 40.7 Å². The fourth-order valence-electron chi connectivity index (χ4n) is 1.51. The van der Waals surface area contributed by atoms with Crippen molar-refractivity contribution in [1.29, 1.82) is 0 Å². The average Bonchev–Trinajstić information content (AvgIpc) is 2.79. The summed E-state index contributed by atoms with van der Waals surface area (Å²) < 4.78 is 1.13. The number of imidazole rings is 1. The van der Waals surface area contributed by atoms with Crippen LogP contribution in [-0.4, -0.2) is 15.5 Å². The Morgan fingerprint density at radius 1 is 1.37 bits per heavy atom. The van der Waals surface area contributed by atoms with Crippen molar-refractivity contribution in [1.82, 2.24) is 15.3 Å². The standard InChI is InChI=1S/C14H18BrN3S/c1-14(2,3)18-9-10-4-5-11(8-12(10)15)19-13-16-6-7-17-13/h4-8,18H,9H2,1-3H3,(H,16,17). The van der Waals surface area contributed by atoms with Crippen molar-refractivity contribution in [3.63, 3.8) is 0 Å². The molecular formula is C14H18BrN3S. The predicted octanol–water partition coefficient (Wildman–Crippen LogP) is 4.21. The summed E-state index contributed by atoms with van der Waals surface area (Å²) in [6, 6.07) is 6.40. The number of H-pyrrole nitrogens is 1. The van der Waals surface area contributed by atoms with Gasteiger partial charge < -0.3 is 10.3 Å². The molecule has 5 heteroatoms. The monoisotopic (exact) mass is 339 g/mol. The zero-order valence-corrected chi connectivity index (χ0v) is 13.7. The highest BCUT2D eigenvalue weighted by Gasteiger charge is 2.10. The molecule has 102 valence electrons. The smallest absolute Gasteiger partial charge is 0.170 e. The van der Waals surface area contributed by atoms with Crippen molar-refractivity contribution in [3.05, 3.63) is 40.6 Å². The molecule has 0 saturated carbocycles. The molecule has 0 saturated heterocycles. The van der Waals surface area contributed by atoms with E-state index in [2.05, 4.69) is 70.2 Å². The molecule has 0 atom stereocenters. The first kappa shape index (κ1) is 14.6. The average molecular weight is 340 g/mol. The van der Waals surface area contributed by atoms with Crippen LogP contribution in [0, 0.1) is 0 Å². The lowest BCUT2D eigenvalue weighted by molar-refractivity contribution is 0.424. The maximum absolute atomic E-state index is 4.21. The van der Waals surface area contributed by atoms with Crippen molar-refractivity contribution in [2.75, 3.05) is 0 Å². The highest BCUT2D eigenvalue weighted by Crippen LogP contribution is 2.29. The molecule has 1 heterocycles. The lowest BCUT2D eigenvalue weighted by Gasteiger charge is -2.21. The molecule has 19 heavy (non-hydrogen) atoms. The SMILES string of the molecule is CC(C)(C)NCc1ccc(Sc2ncc[nH]2)cc1Br.